The highest BCUT2D eigenvalue weighted by atomic mass is 31.2. The number of amides is 2. The predicted octanol–water partition coefficient (Wildman–Crippen LogP) is 2.53. The van der Waals surface area contributed by atoms with Gasteiger partial charge in [0.25, 0.3) is 5.91 Å². The fourth-order valence-electron chi connectivity index (χ4n) is 4.75. The Morgan fingerprint density at radius 2 is 1.82 bits per heavy atom. The number of aromatic hydroxyl groups is 1. The molecule has 0 atom stereocenters. The first kappa shape index (κ1) is 26.1. The van der Waals surface area contributed by atoms with Crippen molar-refractivity contribution in [1.82, 2.24) is 19.7 Å². The summed E-state index contributed by atoms with van der Waals surface area (Å²) < 4.78 is 30.3. The molecule has 0 unspecified atom stereocenters. The third-order valence-corrected chi connectivity index (χ3v) is 7.54. The zero-order valence-corrected chi connectivity index (χ0v) is 21.2. The topological polar surface area (TPSA) is 144 Å². The quantitative estimate of drug-likeness (QED) is 0.399. The summed E-state index contributed by atoms with van der Waals surface area (Å²) in [6.07, 6.45) is 0.577. The number of rotatable bonds is 6. The molecule has 0 bridgehead atoms. The Bertz CT molecular complexity index is 1440. The Balaban J connectivity index is 1.38. The van der Waals surface area contributed by atoms with Gasteiger partial charge in [0.1, 0.15) is 17.1 Å². The van der Waals surface area contributed by atoms with Gasteiger partial charge in [-0.1, -0.05) is 12.1 Å². The fourth-order valence-corrected chi connectivity index (χ4v) is 5.29. The molecule has 2 amide bonds. The van der Waals surface area contributed by atoms with E-state index in [1.165, 1.54) is 28.1 Å². The summed E-state index contributed by atoms with van der Waals surface area (Å²) in [6.45, 7) is 1.91. The van der Waals surface area contributed by atoms with Gasteiger partial charge < -0.3 is 29.4 Å². The number of carbonyl (C=O) groups is 2. The minimum Gasteiger partial charge on any atom is -0.505 e. The molecule has 13 heteroatoms. The number of hydrogen-bond acceptors (Lipinski definition) is 7. The molecule has 0 radical (unpaired) electrons. The van der Waals surface area contributed by atoms with Crippen molar-refractivity contribution in [3.05, 3.63) is 65.1 Å². The van der Waals surface area contributed by atoms with E-state index in [1.54, 1.807) is 24.3 Å². The van der Waals surface area contributed by atoms with Gasteiger partial charge in [-0.3, -0.25) is 19.2 Å². The van der Waals surface area contributed by atoms with E-state index >= 15 is 0 Å². The van der Waals surface area contributed by atoms with Gasteiger partial charge in [-0.25, -0.2) is 9.18 Å². The lowest BCUT2D eigenvalue weighted by Gasteiger charge is -2.34. The van der Waals surface area contributed by atoms with E-state index in [9.17, 15) is 23.7 Å². The minimum atomic E-state index is -4.10. The molecule has 200 valence electrons. The fraction of sp³-hybridized carbons (Fsp3) is 0.320. The number of hydrogen-bond donors (Lipinski definition) is 3. The number of benzene rings is 2. The van der Waals surface area contributed by atoms with Crippen molar-refractivity contribution in [1.29, 1.82) is 0 Å². The molecule has 2 aromatic carbocycles. The Kier molecular flexibility index (Phi) is 7.06. The molecule has 1 aromatic heterocycles. The summed E-state index contributed by atoms with van der Waals surface area (Å²) in [7, 11) is -4.10. The number of piperazine rings is 1. The van der Waals surface area contributed by atoms with Crippen molar-refractivity contribution >= 4 is 30.5 Å². The maximum atomic E-state index is 13.3. The molecule has 3 N–H and O–H groups in total. The second kappa shape index (κ2) is 10.3. The first-order valence-corrected chi connectivity index (χ1v) is 13.8. The highest BCUT2D eigenvalue weighted by molar-refractivity contribution is 7.51. The van der Waals surface area contributed by atoms with Crippen LogP contribution in [0.4, 0.5) is 9.18 Å². The van der Waals surface area contributed by atoms with Crippen molar-refractivity contribution in [2.24, 2.45) is 0 Å². The lowest BCUT2D eigenvalue weighted by molar-refractivity contribution is 0.0764. The maximum absolute atomic E-state index is 13.3. The van der Waals surface area contributed by atoms with Gasteiger partial charge in [0.05, 0.1) is 18.3 Å². The molecule has 11 nitrogen and oxygen atoms in total. The second-order valence-electron chi connectivity index (χ2n) is 9.30. The Labute approximate surface area is 217 Å². The second-order valence-corrected chi connectivity index (χ2v) is 11.1. The third kappa shape index (κ3) is 5.34. The van der Waals surface area contributed by atoms with Crippen molar-refractivity contribution in [3.8, 4) is 11.5 Å². The van der Waals surface area contributed by atoms with Crippen molar-refractivity contribution < 1.29 is 38.2 Å². The number of ether oxygens (including phenoxy) is 1. The Morgan fingerprint density at radius 3 is 2.50 bits per heavy atom. The van der Waals surface area contributed by atoms with E-state index in [0.29, 0.717) is 42.7 Å². The average Bonchev–Trinajstić information content (AvgIpc) is 3.22. The summed E-state index contributed by atoms with van der Waals surface area (Å²) in [4.78, 5) is 53.7. The standard InChI is InChI=1S/C25H26FN4O7P/c26-17-5-3-16(4-6-17)14-30-15-19-20(24(30)32)22(31)21-18(2-1-7-27-21)23(19)37-25(33)29-10-8-28(9-11-29)12-13-38(34,35)36/h1-7,31H,8-15H2,(H2,34,35,36). The van der Waals surface area contributed by atoms with E-state index in [0.717, 1.165) is 0 Å². The van der Waals surface area contributed by atoms with Crippen LogP contribution in [-0.2, 0) is 17.7 Å². The number of phenols is 1. The average molecular weight is 544 g/mol. The number of nitrogens with zero attached hydrogens (tertiary/aromatic N) is 4. The third-order valence-electron chi connectivity index (χ3n) is 6.75. The van der Waals surface area contributed by atoms with E-state index in [4.69, 9.17) is 14.5 Å². The molecule has 1 saturated heterocycles. The summed E-state index contributed by atoms with van der Waals surface area (Å²) >= 11 is 0. The number of halogens is 1. The molecule has 2 aliphatic heterocycles. The van der Waals surface area contributed by atoms with Crippen LogP contribution in [0.2, 0.25) is 0 Å². The highest BCUT2D eigenvalue weighted by Crippen LogP contribution is 2.44. The van der Waals surface area contributed by atoms with Crippen molar-refractivity contribution in [3.63, 3.8) is 0 Å². The first-order chi connectivity index (χ1) is 18.1. The Morgan fingerprint density at radius 1 is 1.11 bits per heavy atom. The summed E-state index contributed by atoms with van der Waals surface area (Å²) in [5.41, 5.74) is 1.21. The minimum absolute atomic E-state index is 0.0170. The zero-order chi connectivity index (χ0) is 27.0. The molecule has 5 rings (SSSR count). The van der Waals surface area contributed by atoms with Gasteiger partial charge in [0.15, 0.2) is 5.75 Å². The summed E-state index contributed by atoms with van der Waals surface area (Å²) in [6, 6.07) is 9.04. The van der Waals surface area contributed by atoms with Gasteiger partial charge in [0.2, 0.25) is 0 Å². The van der Waals surface area contributed by atoms with E-state index in [-0.39, 0.29) is 48.4 Å². The van der Waals surface area contributed by atoms with Crippen LogP contribution in [-0.4, -0.2) is 85.5 Å². The molecule has 0 spiro atoms. The SMILES string of the molecule is O=C(Oc1c2c(c(O)c3ncccc13)C(=O)N(Cc1ccc(F)cc1)C2)N1CCN(CCP(=O)(O)O)CC1. The first-order valence-electron chi connectivity index (χ1n) is 12.0. The number of aromatic nitrogens is 1. The summed E-state index contributed by atoms with van der Waals surface area (Å²) in [5.74, 6) is -0.993. The predicted molar refractivity (Wildman–Crippen MR) is 134 cm³/mol. The molecular weight excluding hydrogens is 518 g/mol. The smallest absolute Gasteiger partial charge is 0.415 e. The Hall–Kier alpha value is -3.57. The van der Waals surface area contributed by atoms with Crippen LogP contribution in [0.1, 0.15) is 21.5 Å². The molecule has 0 saturated carbocycles. The summed E-state index contributed by atoms with van der Waals surface area (Å²) in [5, 5.41) is 11.3. The van der Waals surface area contributed by atoms with Gasteiger partial charge >= 0.3 is 13.7 Å². The van der Waals surface area contributed by atoms with E-state index < -0.39 is 25.4 Å². The lowest BCUT2D eigenvalue weighted by Crippen LogP contribution is -2.50. The van der Waals surface area contributed by atoms with E-state index in [1.807, 2.05) is 4.90 Å². The van der Waals surface area contributed by atoms with Crippen LogP contribution in [0.15, 0.2) is 42.6 Å². The number of pyridine rings is 1. The van der Waals surface area contributed by atoms with Crippen molar-refractivity contribution in [2.75, 3.05) is 38.9 Å². The van der Waals surface area contributed by atoms with Gasteiger partial charge in [0, 0.05) is 56.4 Å². The molecule has 2 aliphatic rings. The normalized spacial score (nSPS) is 16.2. The molecule has 3 heterocycles. The largest absolute Gasteiger partial charge is 0.505 e. The highest BCUT2D eigenvalue weighted by Gasteiger charge is 2.37. The van der Waals surface area contributed by atoms with Crippen LogP contribution < -0.4 is 4.74 Å². The van der Waals surface area contributed by atoms with Crippen molar-refractivity contribution in [2.45, 2.75) is 13.1 Å². The zero-order valence-electron chi connectivity index (χ0n) is 20.3. The molecular formula is C25H26FN4O7P. The lowest BCUT2D eigenvalue weighted by atomic mass is 10.0. The molecule has 3 aromatic rings. The van der Waals surface area contributed by atoms with Gasteiger partial charge in [-0.2, -0.15) is 0 Å². The van der Waals surface area contributed by atoms with Crippen LogP contribution >= 0.6 is 7.60 Å². The maximum Gasteiger partial charge on any atom is 0.415 e. The molecule has 0 aliphatic carbocycles. The van der Waals surface area contributed by atoms with Gasteiger partial charge in [-0.05, 0) is 29.8 Å². The van der Waals surface area contributed by atoms with Crippen LogP contribution in [0.5, 0.6) is 11.5 Å². The van der Waals surface area contributed by atoms with Crippen LogP contribution in [0.3, 0.4) is 0 Å². The monoisotopic (exact) mass is 544 g/mol. The number of phenolic OH excluding ortho intramolecular Hbond substituents is 1. The molecule has 38 heavy (non-hydrogen) atoms. The number of carbonyl (C=O) groups excluding carboxylic acids is 2. The van der Waals surface area contributed by atoms with Crippen LogP contribution in [0, 0.1) is 5.82 Å². The van der Waals surface area contributed by atoms with Crippen LogP contribution in [0.25, 0.3) is 10.9 Å². The van der Waals surface area contributed by atoms with Gasteiger partial charge in [-0.15, -0.1) is 0 Å². The molecule has 1 fully saturated rings. The number of fused-ring (bicyclic) bond motifs is 2. The van der Waals surface area contributed by atoms with E-state index in [2.05, 4.69) is 4.98 Å².